The Labute approximate surface area is 154 Å². The number of nitrogens with zero attached hydrogens (tertiary/aromatic N) is 1. The second-order valence-corrected chi connectivity index (χ2v) is 6.39. The van der Waals surface area contributed by atoms with E-state index < -0.39 is 0 Å². The lowest BCUT2D eigenvalue weighted by Crippen LogP contribution is -2.36. The summed E-state index contributed by atoms with van der Waals surface area (Å²) in [5.74, 6) is 0.899. The summed E-state index contributed by atoms with van der Waals surface area (Å²) in [5.41, 5.74) is 3.40. The molecule has 0 radical (unpaired) electrons. The lowest BCUT2D eigenvalue weighted by Gasteiger charge is -2.28. The van der Waals surface area contributed by atoms with Crippen LogP contribution in [0, 0.1) is 0 Å². The van der Waals surface area contributed by atoms with Gasteiger partial charge in [0.2, 0.25) is 5.91 Å². The number of amides is 1. The Hall–Kier alpha value is -2.53. The van der Waals surface area contributed by atoms with Gasteiger partial charge in [-0.1, -0.05) is 24.3 Å². The largest absolute Gasteiger partial charge is 0.497 e. The van der Waals surface area contributed by atoms with Gasteiger partial charge in [0.05, 0.1) is 26.7 Å². The molecule has 0 unspecified atom stereocenters. The highest BCUT2D eigenvalue weighted by atomic mass is 16.5. The summed E-state index contributed by atoms with van der Waals surface area (Å²) in [6.07, 6.45) is 1.22. The van der Waals surface area contributed by atoms with E-state index in [1.807, 2.05) is 36.4 Å². The van der Waals surface area contributed by atoms with E-state index in [0.717, 1.165) is 44.0 Å². The van der Waals surface area contributed by atoms with Crippen LogP contribution in [0.15, 0.2) is 48.5 Å². The molecule has 1 heterocycles. The Balaban J connectivity index is 1.42. The van der Waals surface area contributed by atoms with Crippen molar-refractivity contribution in [3.05, 3.63) is 59.7 Å². The first-order valence-electron chi connectivity index (χ1n) is 9.06. The number of hydrogen-bond donors (Lipinski definition) is 1. The Kier molecular flexibility index (Phi) is 6.50. The summed E-state index contributed by atoms with van der Waals surface area (Å²) in [7, 11) is 1.66. The average molecular weight is 354 g/mol. The van der Waals surface area contributed by atoms with Crippen molar-refractivity contribution in [2.24, 2.45) is 0 Å². The van der Waals surface area contributed by atoms with Gasteiger partial charge >= 0.3 is 0 Å². The maximum Gasteiger partial charge on any atom is 0.224 e. The molecule has 0 bridgehead atoms. The monoisotopic (exact) mass is 354 g/mol. The number of ether oxygens (including phenoxy) is 2. The van der Waals surface area contributed by atoms with E-state index in [2.05, 4.69) is 22.3 Å². The average Bonchev–Trinajstić information content (AvgIpc) is 2.70. The number of anilines is 1. The third-order valence-corrected chi connectivity index (χ3v) is 4.57. The minimum Gasteiger partial charge on any atom is -0.497 e. The molecule has 1 saturated heterocycles. The molecule has 26 heavy (non-hydrogen) atoms. The van der Waals surface area contributed by atoms with E-state index in [0.29, 0.717) is 13.0 Å². The van der Waals surface area contributed by atoms with Gasteiger partial charge in [-0.3, -0.25) is 4.79 Å². The van der Waals surface area contributed by atoms with Gasteiger partial charge in [0.1, 0.15) is 5.75 Å². The summed E-state index contributed by atoms with van der Waals surface area (Å²) >= 11 is 0. The fraction of sp³-hybridized carbons (Fsp3) is 0.381. The third kappa shape index (κ3) is 5.23. The standard InChI is InChI=1S/C21H26N2O3/c1-25-20-8-4-17(5-9-20)10-11-22-21(24)16-18-2-6-19(7-3-18)23-12-14-26-15-13-23/h2-9H,10-16H2,1H3,(H,22,24). The van der Waals surface area contributed by atoms with Crippen LogP contribution < -0.4 is 15.0 Å². The second-order valence-electron chi connectivity index (χ2n) is 6.39. The molecule has 2 aromatic carbocycles. The molecule has 1 fully saturated rings. The van der Waals surface area contributed by atoms with Crippen molar-refractivity contribution in [1.82, 2.24) is 5.32 Å². The van der Waals surface area contributed by atoms with Crippen LogP contribution in [0.3, 0.4) is 0 Å². The Morgan fingerprint density at radius 2 is 1.69 bits per heavy atom. The van der Waals surface area contributed by atoms with Crippen LogP contribution in [0.2, 0.25) is 0 Å². The van der Waals surface area contributed by atoms with Crippen LogP contribution in [-0.4, -0.2) is 45.9 Å². The number of carbonyl (C=O) groups is 1. The number of benzene rings is 2. The van der Waals surface area contributed by atoms with Gasteiger partial charge in [0, 0.05) is 25.3 Å². The molecular formula is C21H26N2O3. The molecule has 1 aliphatic heterocycles. The smallest absolute Gasteiger partial charge is 0.224 e. The zero-order valence-electron chi connectivity index (χ0n) is 15.2. The summed E-state index contributed by atoms with van der Waals surface area (Å²) in [4.78, 5) is 14.4. The quantitative estimate of drug-likeness (QED) is 0.830. The predicted octanol–water partition coefficient (Wildman–Crippen LogP) is 2.43. The van der Waals surface area contributed by atoms with Crippen LogP contribution in [0.5, 0.6) is 5.75 Å². The van der Waals surface area contributed by atoms with Crippen LogP contribution in [0.25, 0.3) is 0 Å². The number of methoxy groups -OCH3 is 1. The molecule has 0 saturated carbocycles. The normalized spacial score (nSPS) is 14.1. The zero-order valence-corrected chi connectivity index (χ0v) is 15.2. The van der Waals surface area contributed by atoms with Crippen LogP contribution in [0.1, 0.15) is 11.1 Å². The number of morpholine rings is 1. The van der Waals surface area contributed by atoms with Gasteiger partial charge in [-0.05, 0) is 41.8 Å². The van der Waals surface area contributed by atoms with Gasteiger partial charge < -0.3 is 19.7 Å². The lowest BCUT2D eigenvalue weighted by atomic mass is 10.1. The van der Waals surface area contributed by atoms with Gasteiger partial charge in [0.15, 0.2) is 0 Å². The minimum atomic E-state index is 0.0534. The van der Waals surface area contributed by atoms with E-state index in [9.17, 15) is 4.79 Å². The van der Waals surface area contributed by atoms with Crippen molar-refractivity contribution in [1.29, 1.82) is 0 Å². The van der Waals surface area contributed by atoms with E-state index in [4.69, 9.17) is 9.47 Å². The first-order valence-corrected chi connectivity index (χ1v) is 9.06. The van der Waals surface area contributed by atoms with Gasteiger partial charge in [0.25, 0.3) is 0 Å². The topological polar surface area (TPSA) is 50.8 Å². The van der Waals surface area contributed by atoms with Gasteiger partial charge in [-0.2, -0.15) is 0 Å². The third-order valence-electron chi connectivity index (χ3n) is 4.57. The highest BCUT2D eigenvalue weighted by Gasteiger charge is 2.11. The Morgan fingerprint density at radius 1 is 1.04 bits per heavy atom. The summed E-state index contributed by atoms with van der Waals surface area (Å²) in [6.45, 7) is 4.03. The molecule has 1 N–H and O–H groups in total. The van der Waals surface area contributed by atoms with E-state index in [1.165, 1.54) is 11.3 Å². The van der Waals surface area contributed by atoms with Crippen molar-refractivity contribution in [2.45, 2.75) is 12.8 Å². The highest BCUT2D eigenvalue weighted by Crippen LogP contribution is 2.17. The first-order chi connectivity index (χ1) is 12.7. The van der Waals surface area contributed by atoms with Crippen molar-refractivity contribution in [3.8, 4) is 5.75 Å². The second kappa shape index (κ2) is 9.25. The predicted molar refractivity (Wildman–Crippen MR) is 103 cm³/mol. The summed E-state index contributed by atoms with van der Waals surface area (Å²) in [6, 6.07) is 16.2. The molecule has 0 atom stereocenters. The van der Waals surface area contributed by atoms with Crippen LogP contribution in [0.4, 0.5) is 5.69 Å². The fourth-order valence-corrected chi connectivity index (χ4v) is 3.03. The van der Waals surface area contributed by atoms with E-state index >= 15 is 0 Å². The lowest BCUT2D eigenvalue weighted by molar-refractivity contribution is -0.120. The SMILES string of the molecule is COc1ccc(CCNC(=O)Cc2ccc(N3CCOCC3)cc2)cc1. The molecule has 2 aromatic rings. The van der Waals surface area contributed by atoms with Gasteiger partial charge in [-0.25, -0.2) is 0 Å². The summed E-state index contributed by atoms with van der Waals surface area (Å²) in [5, 5.41) is 2.99. The molecule has 3 rings (SSSR count). The fourth-order valence-electron chi connectivity index (χ4n) is 3.03. The van der Waals surface area contributed by atoms with Crippen molar-refractivity contribution >= 4 is 11.6 Å². The molecule has 0 aromatic heterocycles. The molecule has 1 aliphatic rings. The molecule has 0 aliphatic carbocycles. The highest BCUT2D eigenvalue weighted by molar-refractivity contribution is 5.78. The van der Waals surface area contributed by atoms with Gasteiger partial charge in [-0.15, -0.1) is 0 Å². The molecule has 0 spiro atoms. The number of nitrogens with one attached hydrogen (secondary N) is 1. The molecular weight excluding hydrogens is 328 g/mol. The maximum absolute atomic E-state index is 12.1. The molecule has 138 valence electrons. The van der Waals surface area contributed by atoms with Crippen molar-refractivity contribution < 1.29 is 14.3 Å². The number of hydrogen-bond acceptors (Lipinski definition) is 4. The number of rotatable bonds is 7. The Morgan fingerprint density at radius 3 is 2.35 bits per heavy atom. The van der Waals surface area contributed by atoms with Crippen LogP contribution in [-0.2, 0) is 22.4 Å². The van der Waals surface area contributed by atoms with E-state index in [1.54, 1.807) is 7.11 Å². The molecule has 5 nitrogen and oxygen atoms in total. The zero-order chi connectivity index (χ0) is 18.2. The Bertz CT molecular complexity index is 692. The minimum absolute atomic E-state index is 0.0534. The van der Waals surface area contributed by atoms with Crippen molar-refractivity contribution in [3.63, 3.8) is 0 Å². The maximum atomic E-state index is 12.1. The summed E-state index contributed by atoms with van der Waals surface area (Å²) < 4.78 is 10.5. The van der Waals surface area contributed by atoms with E-state index in [-0.39, 0.29) is 5.91 Å². The molecule has 1 amide bonds. The molecule has 5 heteroatoms. The van der Waals surface area contributed by atoms with Crippen LogP contribution >= 0.6 is 0 Å². The first kappa shape index (κ1) is 18.3. The van der Waals surface area contributed by atoms with Crippen molar-refractivity contribution in [2.75, 3.05) is 44.9 Å². The number of carbonyl (C=O) groups excluding carboxylic acids is 1.